The lowest BCUT2D eigenvalue weighted by molar-refractivity contribution is 0.666. The third-order valence-corrected chi connectivity index (χ3v) is 9.96. The fraction of sp³-hybridized carbons (Fsp3) is 0.0652. The summed E-state index contributed by atoms with van der Waals surface area (Å²) in [6.07, 6.45) is 3.69. The molecule has 0 aliphatic heterocycles. The van der Waals surface area contributed by atoms with Gasteiger partial charge in [0.25, 0.3) is 0 Å². The van der Waals surface area contributed by atoms with Gasteiger partial charge in [-0.2, -0.15) is 0 Å². The van der Waals surface area contributed by atoms with E-state index in [0.717, 1.165) is 39.2 Å². The van der Waals surface area contributed by atoms with E-state index in [2.05, 4.69) is 146 Å². The largest absolute Gasteiger partial charge is 0.264 e. The predicted octanol–water partition coefficient (Wildman–Crippen LogP) is 11.7. The van der Waals surface area contributed by atoms with Gasteiger partial charge < -0.3 is 0 Å². The monoisotopic (exact) mass is 627 g/mol. The topological polar surface area (TPSA) is 38.7 Å². The molecule has 232 valence electrons. The molecule has 0 bridgehead atoms. The van der Waals surface area contributed by atoms with Crippen molar-refractivity contribution < 1.29 is 0 Å². The molecule has 9 rings (SSSR count). The second kappa shape index (κ2) is 11.5. The zero-order chi connectivity index (χ0) is 33.0. The van der Waals surface area contributed by atoms with Gasteiger partial charge in [-0.05, 0) is 73.5 Å². The van der Waals surface area contributed by atoms with Crippen LogP contribution in [0.15, 0.2) is 164 Å². The molecule has 8 aromatic rings. The molecule has 6 aromatic carbocycles. The summed E-state index contributed by atoms with van der Waals surface area (Å²) in [4.78, 5) is 14.5. The molecule has 0 spiro atoms. The fourth-order valence-electron chi connectivity index (χ4n) is 7.56. The summed E-state index contributed by atoms with van der Waals surface area (Å²) < 4.78 is 0. The SMILES string of the molecule is CC1(C)c2cccc(-c3cccc(-c4cc(-c5ccc(-c6cccnc6)cc5)nc(-c5ccccc5)n4)c3)c2-c2ccc3ccccc3c21. The number of benzene rings is 6. The Morgan fingerprint density at radius 2 is 1.16 bits per heavy atom. The molecule has 2 heterocycles. The zero-order valence-electron chi connectivity index (χ0n) is 27.4. The van der Waals surface area contributed by atoms with Crippen LogP contribution in [0, 0.1) is 0 Å². The molecule has 0 saturated carbocycles. The molecule has 0 unspecified atom stereocenters. The van der Waals surface area contributed by atoms with Gasteiger partial charge >= 0.3 is 0 Å². The summed E-state index contributed by atoms with van der Waals surface area (Å²) in [5.74, 6) is 0.706. The van der Waals surface area contributed by atoms with E-state index in [4.69, 9.17) is 9.97 Å². The summed E-state index contributed by atoms with van der Waals surface area (Å²) in [7, 11) is 0. The van der Waals surface area contributed by atoms with Gasteiger partial charge in [0.1, 0.15) is 0 Å². The molecule has 0 radical (unpaired) electrons. The molecule has 1 aliphatic carbocycles. The molecular formula is C46H33N3. The van der Waals surface area contributed by atoms with Crippen molar-refractivity contribution in [2.45, 2.75) is 19.3 Å². The minimum Gasteiger partial charge on any atom is -0.264 e. The van der Waals surface area contributed by atoms with Crippen molar-refractivity contribution in [1.29, 1.82) is 0 Å². The van der Waals surface area contributed by atoms with Crippen LogP contribution in [-0.4, -0.2) is 15.0 Å². The van der Waals surface area contributed by atoms with E-state index in [1.165, 1.54) is 44.2 Å². The number of hydrogen-bond acceptors (Lipinski definition) is 3. The van der Waals surface area contributed by atoms with Gasteiger partial charge in [-0.1, -0.05) is 147 Å². The first kappa shape index (κ1) is 29.0. The molecule has 3 heteroatoms. The average Bonchev–Trinajstić information content (AvgIpc) is 3.42. The van der Waals surface area contributed by atoms with Crippen LogP contribution in [-0.2, 0) is 5.41 Å². The van der Waals surface area contributed by atoms with E-state index < -0.39 is 0 Å². The number of aromatic nitrogens is 3. The van der Waals surface area contributed by atoms with Crippen LogP contribution in [0.25, 0.3) is 78.1 Å². The zero-order valence-corrected chi connectivity index (χ0v) is 27.4. The Kier molecular flexibility index (Phi) is 6.80. The predicted molar refractivity (Wildman–Crippen MR) is 202 cm³/mol. The maximum absolute atomic E-state index is 5.15. The highest BCUT2D eigenvalue weighted by Crippen LogP contribution is 2.54. The maximum atomic E-state index is 5.15. The Hall–Kier alpha value is -6.19. The Balaban J connectivity index is 1.18. The van der Waals surface area contributed by atoms with Crippen LogP contribution in [0.5, 0.6) is 0 Å². The molecular weight excluding hydrogens is 595 g/mol. The number of fused-ring (bicyclic) bond motifs is 5. The highest BCUT2D eigenvalue weighted by molar-refractivity contribution is 6.01. The van der Waals surface area contributed by atoms with E-state index in [1.54, 1.807) is 6.20 Å². The van der Waals surface area contributed by atoms with Crippen molar-refractivity contribution >= 4 is 10.8 Å². The summed E-state index contributed by atoms with van der Waals surface area (Å²) in [6.45, 7) is 4.72. The van der Waals surface area contributed by atoms with Crippen LogP contribution >= 0.6 is 0 Å². The molecule has 1 aliphatic rings. The van der Waals surface area contributed by atoms with Crippen molar-refractivity contribution in [3.63, 3.8) is 0 Å². The first-order chi connectivity index (χ1) is 24.0. The molecule has 2 aromatic heterocycles. The van der Waals surface area contributed by atoms with Crippen molar-refractivity contribution in [1.82, 2.24) is 15.0 Å². The minimum absolute atomic E-state index is 0.113. The third-order valence-electron chi connectivity index (χ3n) is 9.96. The van der Waals surface area contributed by atoms with Gasteiger partial charge in [0.2, 0.25) is 0 Å². The van der Waals surface area contributed by atoms with Gasteiger partial charge in [0.05, 0.1) is 11.4 Å². The van der Waals surface area contributed by atoms with Gasteiger partial charge in [0.15, 0.2) is 5.82 Å². The van der Waals surface area contributed by atoms with E-state index in [-0.39, 0.29) is 5.41 Å². The number of hydrogen-bond donors (Lipinski definition) is 0. The Morgan fingerprint density at radius 3 is 1.98 bits per heavy atom. The van der Waals surface area contributed by atoms with E-state index in [0.29, 0.717) is 5.82 Å². The lowest BCUT2D eigenvalue weighted by Gasteiger charge is -2.23. The Labute approximate surface area is 286 Å². The quantitative estimate of drug-likeness (QED) is 0.191. The van der Waals surface area contributed by atoms with Crippen LogP contribution < -0.4 is 0 Å². The minimum atomic E-state index is -0.113. The van der Waals surface area contributed by atoms with Crippen LogP contribution in [0.3, 0.4) is 0 Å². The van der Waals surface area contributed by atoms with Crippen molar-refractivity contribution in [3.05, 3.63) is 175 Å². The molecule has 3 nitrogen and oxygen atoms in total. The Morgan fingerprint density at radius 1 is 0.469 bits per heavy atom. The highest BCUT2D eigenvalue weighted by Gasteiger charge is 2.38. The molecule has 49 heavy (non-hydrogen) atoms. The normalized spacial score (nSPS) is 12.9. The first-order valence-electron chi connectivity index (χ1n) is 16.8. The Bertz CT molecular complexity index is 2500. The average molecular weight is 628 g/mol. The molecule has 0 amide bonds. The molecule has 0 fully saturated rings. The molecule has 0 atom stereocenters. The second-order valence-electron chi connectivity index (χ2n) is 13.3. The standard InChI is InChI=1S/C46H33N3/c1-46(2)40-19-9-18-37(43(40)39-25-24-31-11-6-7-17-38(31)44(39)46)34-14-8-15-35(27-34)42-28-41(48-45(49-42)33-12-4-3-5-13-33)32-22-20-30(21-23-32)36-16-10-26-47-29-36/h3-29H,1-2H3. The van der Waals surface area contributed by atoms with Crippen LogP contribution in [0.2, 0.25) is 0 Å². The third kappa shape index (κ3) is 4.94. The summed E-state index contributed by atoms with van der Waals surface area (Å²) in [6, 6.07) is 53.9. The molecule has 0 saturated heterocycles. The van der Waals surface area contributed by atoms with Crippen molar-refractivity contribution in [2.75, 3.05) is 0 Å². The lowest BCUT2D eigenvalue weighted by atomic mass is 9.80. The van der Waals surface area contributed by atoms with Crippen LogP contribution in [0.4, 0.5) is 0 Å². The van der Waals surface area contributed by atoms with Gasteiger partial charge in [-0.3, -0.25) is 4.98 Å². The van der Waals surface area contributed by atoms with Gasteiger partial charge in [-0.25, -0.2) is 9.97 Å². The number of pyridine rings is 1. The lowest BCUT2D eigenvalue weighted by Crippen LogP contribution is -2.15. The first-order valence-corrected chi connectivity index (χ1v) is 16.8. The smallest absolute Gasteiger partial charge is 0.160 e. The fourth-order valence-corrected chi connectivity index (χ4v) is 7.56. The summed E-state index contributed by atoms with van der Waals surface area (Å²) in [5, 5.41) is 2.61. The van der Waals surface area contributed by atoms with Crippen molar-refractivity contribution in [3.8, 4) is 67.3 Å². The second-order valence-corrected chi connectivity index (χ2v) is 13.3. The van der Waals surface area contributed by atoms with Gasteiger partial charge in [0, 0.05) is 34.5 Å². The maximum Gasteiger partial charge on any atom is 0.160 e. The van der Waals surface area contributed by atoms with Crippen molar-refractivity contribution in [2.24, 2.45) is 0 Å². The molecule has 0 N–H and O–H groups in total. The van der Waals surface area contributed by atoms with E-state index >= 15 is 0 Å². The van der Waals surface area contributed by atoms with Gasteiger partial charge in [-0.15, -0.1) is 0 Å². The highest BCUT2D eigenvalue weighted by atomic mass is 14.9. The van der Waals surface area contributed by atoms with E-state index in [1.807, 2.05) is 30.5 Å². The summed E-state index contributed by atoms with van der Waals surface area (Å²) in [5.41, 5.74) is 14.8. The number of nitrogens with zero attached hydrogens (tertiary/aromatic N) is 3. The van der Waals surface area contributed by atoms with E-state index in [9.17, 15) is 0 Å². The summed E-state index contributed by atoms with van der Waals surface area (Å²) >= 11 is 0. The van der Waals surface area contributed by atoms with Crippen LogP contribution in [0.1, 0.15) is 25.0 Å². The number of rotatable bonds is 5.